The van der Waals surface area contributed by atoms with Crippen molar-refractivity contribution in [2.24, 2.45) is 17.6 Å². The van der Waals surface area contributed by atoms with Crippen LogP contribution in [0.1, 0.15) is 39.0 Å². The Kier molecular flexibility index (Phi) is 4.05. The summed E-state index contributed by atoms with van der Waals surface area (Å²) < 4.78 is 0. The number of carbonyl (C=O) groups is 1. The summed E-state index contributed by atoms with van der Waals surface area (Å²) in [5, 5.41) is 9.27. The van der Waals surface area contributed by atoms with Gasteiger partial charge in [-0.3, -0.25) is 4.79 Å². The van der Waals surface area contributed by atoms with Gasteiger partial charge >= 0.3 is 0 Å². The number of nitrogens with two attached hydrogens (primary N) is 1. The van der Waals surface area contributed by atoms with Gasteiger partial charge in [0.25, 0.3) is 0 Å². The third-order valence-corrected chi connectivity index (χ3v) is 4.20. The smallest absolute Gasteiger partial charge is 0.226 e. The fourth-order valence-corrected chi connectivity index (χ4v) is 3.41. The lowest BCUT2D eigenvalue weighted by atomic mass is 9.79. The molecule has 0 bridgehead atoms. The first-order chi connectivity index (χ1) is 8.11. The zero-order valence-corrected chi connectivity index (χ0v) is 10.6. The van der Waals surface area contributed by atoms with E-state index in [1.807, 2.05) is 4.90 Å². The maximum atomic E-state index is 12.4. The zero-order chi connectivity index (χ0) is 12.4. The lowest BCUT2D eigenvalue weighted by Crippen LogP contribution is -2.45. The summed E-state index contributed by atoms with van der Waals surface area (Å²) in [6, 6.07) is 0.221. The van der Waals surface area contributed by atoms with Crippen molar-refractivity contribution in [3.63, 3.8) is 0 Å². The molecule has 0 radical (unpaired) electrons. The highest BCUT2D eigenvalue weighted by Gasteiger charge is 2.36. The third kappa shape index (κ3) is 2.80. The standard InChI is InChI=1S/C13H24N2O2/c1-9-5-10(7-11(14)6-9)13(17)15-4-2-3-12(15)8-16/h9-12,16H,2-8,14H2,1H3. The molecule has 0 aromatic heterocycles. The fourth-order valence-electron chi connectivity index (χ4n) is 3.41. The molecule has 1 saturated heterocycles. The van der Waals surface area contributed by atoms with E-state index in [4.69, 9.17) is 5.73 Å². The van der Waals surface area contributed by atoms with Crippen LogP contribution < -0.4 is 5.73 Å². The Hall–Kier alpha value is -0.610. The van der Waals surface area contributed by atoms with Crippen LogP contribution in [0.15, 0.2) is 0 Å². The molecule has 4 atom stereocenters. The Morgan fingerprint density at radius 3 is 2.82 bits per heavy atom. The van der Waals surface area contributed by atoms with E-state index in [-0.39, 0.29) is 30.5 Å². The molecule has 2 rings (SSSR count). The van der Waals surface area contributed by atoms with Crippen LogP contribution >= 0.6 is 0 Å². The van der Waals surface area contributed by atoms with Gasteiger partial charge in [-0.05, 0) is 38.0 Å². The molecule has 1 heterocycles. The van der Waals surface area contributed by atoms with Crippen LogP contribution in [0.4, 0.5) is 0 Å². The van der Waals surface area contributed by atoms with Gasteiger partial charge in [0, 0.05) is 18.5 Å². The van der Waals surface area contributed by atoms with Crippen LogP contribution in [0.2, 0.25) is 0 Å². The minimum atomic E-state index is 0.0518. The fraction of sp³-hybridized carbons (Fsp3) is 0.923. The van der Waals surface area contributed by atoms with Crippen molar-refractivity contribution in [2.45, 2.75) is 51.1 Å². The van der Waals surface area contributed by atoms with Crippen molar-refractivity contribution in [1.82, 2.24) is 4.90 Å². The molecule has 1 aliphatic heterocycles. The lowest BCUT2D eigenvalue weighted by molar-refractivity contribution is -0.138. The summed E-state index contributed by atoms with van der Waals surface area (Å²) in [5.74, 6) is 0.854. The third-order valence-electron chi connectivity index (χ3n) is 4.20. The summed E-state index contributed by atoms with van der Waals surface area (Å²) in [6.45, 7) is 3.08. The first kappa shape index (κ1) is 12.8. The first-order valence-corrected chi connectivity index (χ1v) is 6.78. The number of carbonyl (C=O) groups excluding carboxylic acids is 1. The minimum absolute atomic E-state index is 0.0518. The molecule has 98 valence electrons. The van der Waals surface area contributed by atoms with Gasteiger partial charge in [-0.25, -0.2) is 0 Å². The maximum absolute atomic E-state index is 12.4. The molecule has 1 aliphatic carbocycles. The number of rotatable bonds is 2. The lowest BCUT2D eigenvalue weighted by Gasteiger charge is -2.34. The topological polar surface area (TPSA) is 66.6 Å². The number of likely N-dealkylation sites (tertiary alicyclic amines) is 1. The van der Waals surface area contributed by atoms with Crippen molar-refractivity contribution in [3.8, 4) is 0 Å². The molecule has 2 fully saturated rings. The summed E-state index contributed by atoms with van der Waals surface area (Å²) in [5.41, 5.74) is 6.00. The van der Waals surface area contributed by atoms with Gasteiger partial charge in [0.15, 0.2) is 0 Å². The molecular weight excluding hydrogens is 216 g/mol. The van der Waals surface area contributed by atoms with E-state index in [0.29, 0.717) is 5.92 Å². The Labute approximate surface area is 103 Å². The Balaban J connectivity index is 1.99. The second kappa shape index (κ2) is 5.36. The number of aliphatic hydroxyl groups is 1. The molecule has 0 aromatic carbocycles. The highest BCUT2D eigenvalue weighted by Crippen LogP contribution is 2.31. The van der Waals surface area contributed by atoms with Gasteiger partial charge < -0.3 is 15.7 Å². The molecule has 0 aromatic rings. The van der Waals surface area contributed by atoms with Crippen molar-refractivity contribution < 1.29 is 9.90 Å². The first-order valence-electron chi connectivity index (χ1n) is 6.78. The zero-order valence-electron chi connectivity index (χ0n) is 10.6. The molecule has 4 nitrogen and oxygen atoms in total. The van der Waals surface area contributed by atoms with E-state index < -0.39 is 0 Å². The average Bonchev–Trinajstić information content (AvgIpc) is 2.74. The SMILES string of the molecule is CC1CC(N)CC(C(=O)N2CCCC2CO)C1. The molecule has 2 aliphatic rings. The molecule has 3 N–H and O–H groups in total. The van der Waals surface area contributed by atoms with Gasteiger partial charge in [-0.1, -0.05) is 6.92 Å². The van der Waals surface area contributed by atoms with Crippen LogP contribution in [0.5, 0.6) is 0 Å². The predicted octanol–water partition coefficient (Wildman–Crippen LogP) is 0.733. The number of hydrogen-bond donors (Lipinski definition) is 2. The highest BCUT2D eigenvalue weighted by atomic mass is 16.3. The van der Waals surface area contributed by atoms with Gasteiger partial charge in [0.05, 0.1) is 12.6 Å². The molecule has 4 unspecified atom stereocenters. The normalized spacial score (nSPS) is 38.4. The van der Waals surface area contributed by atoms with Crippen LogP contribution in [-0.4, -0.2) is 41.1 Å². The highest BCUT2D eigenvalue weighted by molar-refractivity contribution is 5.79. The van der Waals surface area contributed by atoms with Crippen molar-refractivity contribution in [1.29, 1.82) is 0 Å². The van der Waals surface area contributed by atoms with Crippen LogP contribution in [0.3, 0.4) is 0 Å². The quantitative estimate of drug-likeness (QED) is 0.748. The minimum Gasteiger partial charge on any atom is -0.394 e. The van der Waals surface area contributed by atoms with E-state index >= 15 is 0 Å². The number of nitrogens with zero attached hydrogens (tertiary/aromatic N) is 1. The van der Waals surface area contributed by atoms with E-state index in [1.54, 1.807) is 0 Å². The summed E-state index contributed by atoms with van der Waals surface area (Å²) in [4.78, 5) is 14.3. The Morgan fingerprint density at radius 1 is 1.41 bits per heavy atom. The van der Waals surface area contributed by atoms with Crippen molar-refractivity contribution in [2.75, 3.05) is 13.2 Å². The van der Waals surface area contributed by atoms with Gasteiger partial charge in [0.2, 0.25) is 5.91 Å². The van der Waals surface area contributed by atoms with Crippen LogP contribution in [0.25, 0.3) is 0 Å². The van der Waals surface area contributed by atoms with E-state index in [0.717, 1.165) is 38.6 Å². The van der Waals surface area contributed by atoms with Gasteiger partial charge in [-0.2, -0.15) is 0 Å². The average molecular weight is 240 g/mol. The second-order valence-electron chi connectivity index (χ2n) is 5.78. The summed E-state index contributed by atoms with van der Waals surface area (Å²) in [6.07, 6.45) is 4.77. The van der Waals surface area contributed by atoms with Crippen LogP contribution in [-0.2, 0) is 4.79 Å². The van der Waals surface area contributed by atoms with Gasteiger partial charge in [-0.15, -0.1) is 0 Å². The van der Waals surface area contributed by atoms with E-state index in [2.05, 4.69) is 6.92 Å². The molecule has 17 heavy (non-hydrogen) atoms. The maximum Gasteiger partial charge on any atom is 0.226 e. The Morgan fingerprint density at radius 2 is 2.18 bits per heavy atom. The summed E-state index contributed by atoms with van der Waals surface area (Å²) in [7, 11) is 0. The predicted molar refractivity (Wildman–Crippen MR) is 66.3 cm³/mol. The molecule has 1 saturated carbocycles. The molecule has 4 heteroatoms. The number of aliphatic hydroxyl groups excluding tert-OH is 1. The van der Waals surface area contributed by atoms with E-state index in [9.17, 15) is 9.90 Å². The molecule has 1 amide bonds. The van der Waals surface area contributed by atoms with E-state index in [1.165, 1.54) is 0 Å². The van der Waals surface area contributed by atoms with Crippen molar-refractivity contribution in [3.05, 3.63) is 0 Å². The largest absolute Gasteiger partial charge is 0.394 e. The second-order valence-corrected chi connectivity index (χ2v) is 5.78. The monoisotopic (exact) mass is 240 g/mol. The Bertz CT molecular complexity index is 273. The molecule has 0 spiro atoms. The summed E-state index contributed by atoms with van der Waals surface area (Å²) >= 11 is 0. The van der Waals surface area contributed by atoms with Gasteiger partial charge in [0.1, 0.15) is 0 Å². The van der Waals surface area contributed by atoms with Crippen LogP contribution in [0, 0.1) is 11.8 Å². The van der Waals surface area contributed by atoms with Crippen molar-refractivity contribution >= 4 is 5.91 Å². The number of hydrogen-bond acceptors (Lipinski definition) is 3. The number of amides is 1. The molecular formula is C13H24N2O2.